The summed E-state index contributed by atoms with van der Waals surface area (Å²) >= 11 is 0. The zero-order chi connectivity index (χ0) is 10.9. The number of pyridine rings is 1. The molecular formula is C12H15N3. The molecule has 3 nitrogen and oxygen atoms in total. The molecule has 0 amide bonds. The highest BCUT2D eigenvalue weighted by Crippen LogP contribution is 2.40. The number of nitriles is 1. The van der Waals surface area contributed by atoms with Gasteiger partial charge in [0.05, 0.1) is 11.9 Å². The van der Waals surface area contributed by atoms with Gasteiger partial charge in [0.1, 0.15) is 11.8 Å². The van der Waals surface area contributed by atoms with Gasteiger partial charge in [-0.2, -0.15) is 5.26 Å². The second kappa shape index (κ2) is 3.54. The van der Waals surface area contributed by atoms with Gasteiger partial charge in [0.15, 0.2) is 0 Å². The third kappa shape index (κ3) is 2.27. The predicted molar refractivity (Wildman–Crippen MR) is 59.4 cm³/mol. The Balaban J connectivity index is 2.07. The largest absolute Gasteiger partial charge is 0.379 e. The fraction of sp³-hybridized carbons (Fsp3) is 0.500. The third-order valence-corrected chi connectivity index (χ3v) is 2.94. The molecule has 0 unspecified atom stereocenters. The molecular weight excluding hydrogens is 186 g/mol. The van der Waals surface area contributed by atoms with Crippen LogP contribution in [-0.4, -0.2) is 10.5 Å². The molecule has 0 saturated heterocycles. The molecule has 1 saturated carbocycles. The molecule has 1 aromatic heterocycles. The molecule has 0 atom stereocenters. The first-order chi connectivity index (χ1) is 7.12. The summed E-state index contributed by atoms with van der Waals surface area (Å²) in [6.07, 6.45) is 4.34. The Kier molecular flexibility index (Phi) is 2.36. The lowest BCUT2D eigenvalue weighted by molar-refractivity contribution is 0.494. The van der Waals surface area contributed by atoms with Gasteiger partial charge in [-0.25, -0.2) is 4.98 Å². The van der Waals surface area contributed by atoms with Crippen LogP contribution < -0.4 is 5.32 Å². The van der Waals surface area contributed by atoms with Gasteiger partial charge in [0, 0.05) is 5.54 Å². The molecule has 0 spiro atoms. The quantitative estimate of drug-likeness (QED) is 0.817. The summed E-state index contributed by atoms with van der Waals surface area (Å²) in [5.74, 6) is 0.771. The van der Waals surface area contributed by atoms with Crippen molar-refractivity contribution in [3.63, 3.8) is 0 Å². The van der Waals surface area contributed by atoms with E-state index in [4.69, 9.17) is 5.26 Å². The Hall–Kier alpha value is -1.56. The zero-order valence-electron chi connectivity index (χ0n) is 9.12. The molecule has 1 N–H and O–H groups in total. The number of rotatable bonds is 3. The van der Waals surface area contributed by atoms with Crippen LogP contribution in [0.2, 0.25) is 0 Å². The van der Waals surface area contributed by atoms with Crippen molar-refractivity contribution < 1.29 is 0 Å². The van der Waals surface area contributed by atoms with Gasteiger partial charge in [-0.1, -0.05) is 0 Å². The summed E-state index contributed by atoms with van der Waals surface area (Å²) in [4.78, 5) is 4.04. The van der Waals surface area contributed by atoms with E-state index in [0.717, 1.165) is 11.6 Å². The van der Waals surface area contributed by atoms with Crippen LogP contribution in [-0.2, 0) is 0 Å². The average molecular weight is 201 g/mol. The first-order valence-corrected chi connectivity index (χ1v) is 5.26. The summed E-state index contributed by atoms with van der Waals surface area (Å²) in [6.45, 7) is 4.42. The Labute approximate surface area is 90.1 Å². The molecule has 3 heteroatoms. The van der Waals surface area contributed by atoms with Crippen LogP contribution in [0.3, 0.4) is 0 Å². The molecule has 0 bridgehead atoms. The molecule has 1 heterocycles. The summed E-state index contributed by atoms with van der Waals surface area (Å²) in [5, 5.41) is 12.1. The summed E-state index contributed by atoms with van der Waals surface area (Å²) < 4.78 is 0. The van der Waals surface area contributed by atoms with E-state index in [1.165, 1.54) is 12.8 Å². The highest BCUT2D eigenvalue weighted by molar-refractivity contribution is 5.45. The zero-order valence-corrected chi connectivity index (χ0v) is 9.12. The van der Waals surface area contributed by atoms with Crippen molar-refractivity contribution in [1.29, 1.82) is 5.26 Å². The molecule has 78 valence electrons. The minimum Gasteiger partial charge on any atom is -0.379 e. The molecule has 1 fully saturated rings. The standard InChI is InChI=1S/C12H15N3/c1-12(2,9-3-4-9)15-11-6-5-10(7-13)14-8-11/h5-6,8-9,15H,3-4H2,1-2H3. The Bertz CT molecular complexity index is 382. The van der Waals surface area contributed by atoms with Crippen molar-refractivity contribution in [3.8, 4) is 6.07 Å². The van der Waals surface area contributed by atoms with E-state index < -0.39 is 0 Å². The van der Waals surface area contributed by atoms with Crippen LogP contribution in [0.25, 0.3) is 0 Å². The van der Waals surface area contributed by atoms with E-state index in [2.05, 4.69) is 24.1 Å². The van der Waals surface area contributed by atoms with Crippen LogP contribution >= 0.6 is 0 Å². The number of hydrogen-bond donors (Lipinski definition) is 1. The van der Waals surface area contributed by atoms with E-state index in [0.29, 0.717) is 5.69 Å². The minimum absolute atomic E-state index is 0.135. The van der Waals surface area contributed by atoms with Gasteiger partial charge >= 0.3 is 0 Å². The lowest BCUT2D eigenvalue weighted by atomic mass is 9.98. The monoisotopic (exact) mass is 201 g/mol. The fourth-order valence-electron chi connectivity index (χ4n) is 1.81. The van der Waals surface area contributed by atoms with Crippen molar-refractivity contribution in [2.45, 2.75) is 32.2 Å². The molecule has 0 aliphatic heterocycles. The molecule has 15 heavy (non-hydrogen) atoms. The number of nitrogens with zero attached hydrogens (tertiary/aromatic N) is 2. The second-order valence-electron chi connectivity index (χ2n) is 4.66. The van der Waals surface area contributed by atoms with Gasteiger partial charge in [-0.3, -0.25) is 0 Å². The smallest absolute Gasteiger partial charge is 0.140 e. The van der Waals surface area contributed by atoms with E-state index in [1.54, 1.807) is 12.3 Å². The molecule has 1 aliphatic carbocycles. The van der Waals surface area contributed by atoms with Crippen molar-refractivity contribution in [2.24, 2.45) is 5.92 Å². The number of aromatic nitrogens is 1. The summed E-state index contributed by atoms with van der Waals surface area (Å²) in [5.41, 5.74) is 1.59. The molecule has 0 aromatic carbocycles. The van der Waals surface area contributed by atoms with Gasteiger partial charge in [0.2, 0.25) is 0 Å². The van der Waals surface area contributed by atoms with Crippen LogP contribution in [0.5, 0.6) is 0 Å². The van der Waals surface area contributed by atoms with Crippen LogP contribution in [0, 0.1) is 17.2 Å². The van der Waals surface area contributed by atoms with Crippen LogP contribution in [0.15, 0.2) is 18.3 Å². The first kappa shape index (κ1) is 9.97. The van der Waals surface area contributed by atoms with Crippen molar-refractivity contribution >= 4 is 5.69 Å². The number of anilines is 1. The first-order valence-electron chi connectivity index (χ1n) is 5.26. The SMILES string of the molecule is CC(C)(Nc1ccc(C#N)nc1)C1CC1. The van der Waals surface area contributed by atoms with Gasteiger partial charge in [0.25, 0.3) is 0 Å². The van der Waals surface area contributed by atoms with E-state index in [-0.39, 0.29) is 5.54 Å². The number of hydrogen-bond acceptors (Lipinski definition) is 3. The normalized spacial score (nSPS) is 15.8. The maximum absolute atomic E-state index is 8.63. The maximum Gasteiger partial charge on any atom is 0.140 e. The minimum atomic E-state index is 0.135. The third-order valence-electron chi connectivity index (χ3n) is 2.94. The fourth-order valence-corrected chi connectivity index (χ4v) is 1.81. The van der Waals surface area contributed by atoms with Gasteiger partial charge in [-0.15, -0.1) is 0 Å². The van der Waals surface area contributed by atoms with Crippen LogP contribution in [0.4, 0.5) is 5.69 Å². The van der Waals surface area contributed by atoms with E-state index in [1.807, 2.05) is 12.1 Å². The van der Waals surface area contributed by atoms with E-state index >= 15 is 0 Å². The highest BCUT2D eigenvalue weighted by atomic mass is 15.0. The van der Waals surface area contributed by atoms with Crippen molar-refractivity contribution in [1.82, 2.24) is 4.98 Å². The molecule has 0 radical (unpaired) electrons. The summed E-state index contributed by atoms with van der Waals surface area (Å²) in [7, 11) is 0. The predicted octanol–water partition coefficient (Wildman–Crippen LogP) is 2.55. The van der Waals surface area contributed by atoms with E-state index in [9.17, 15) is 0 Å². The van der Waals surface area contributed by atoms with Gasteiger partial charge in [-0.05, 0) is 44.7 Å². The maximum atomic E-state index is 8.63. The molecule has 1 aromatic rings. The summed E-state index contributed by atoms with van der Waals surface area (Å²) in [6, 6.07) is 5.67. The van der Waals surface area contributed by atoms with Crippen molar-refractivity contribution in [3.05, 3.63) is 24.0 Å². The highest BCUT2D eigenvalue weighted by Gasteiger charge is 2.37. The Morgan fingerprint density at radius 1 is 1.47 bits per heavy atom. The lowest BCUT2D eigenvalue weighted by Gasteiger charge is -2.27. The Morgan fingerprint density at radius 2 is 2.20 bits per heavy atom. The molecule has 2 rings (SSSR count). The lowest BCUT2D eigenvalue weighted by Crippen LogP contribution is -2.33. The Morgan fingerprint density at radius 3 is 2.67 bits per heavy atom. The van der Waals surface area contributed by atoms with Gasteiger partial charge < -0.3 is 5.32 Å². The molecule has 1 aliphatic rings. The topological polar surface area (TPSA) is 48.7 Å². The van der Waals surface area contributed by atoms with Crippen LogP contribution in [0.1, 0.15) is 32.4 Å². The van der Waals surface area contributed by atoms with Crippen molar-refractivity contribution in [2.75, 3.05) is 5.32 Å². The number of nitrogens with one attached hydrogen (secondary N) is 1. The second-order valence-corrected chi connectivity index (χ2v) is 4.66. The average Bonchev–Trinajstić information content (AvgIpc) is 3.01.